The van der Waals surface area contributed by atoms with Gasteiger partial charge in [-0.25, -0.2) is 9.37 Å². The number of aliphatic hydroxyl groups excluding tert-OH is 1. The van der Waals surface area contributed by atoms with Crippen molar-refractivity contribution in [3.63, 3.8) is 0 Å². The number of hydrogen-bond acceptors (Lipinski definition) is 5. The Morgan fingerprint density at radius 3 is 2.52 bits per heavy atom. The third-order valence-electron chi connectivity index (χ3n) is 3.76. The SMILES string of the molecule is CC(O)c1ccc(N2CCN(c3nccs3)CC2)c(F)c1. The van der Waals surface area contributed by atoms with Crippen LogP contribution in [-0.4, -0.2) is 36.3 Å². The molecule has 6 heteroatoms. The smallest absolute Gasteiger partial charge is 0.185 e. The van der Waals surface area contributed by atoms with Crippen LogP contribution in [0.25, 0.3) is 0 Å². The van der Waals surface area contributed by atoms with Crippen molar-refractivity contribution in [1.29, 1.82) is 0 Å². The van der Waals surface area contributed by atoms with E-state index >= 15 is 0 Å². The molecule has 0 bridgehead atoms. The average molecular weight is 307 g/mol. The first-order valence-electron chi connectivity index (χ1n) is 7.02. The van der Waals surface area contributed by atoms with E-state index in [1.807, 2.05) is 10.3 Å². The predicted octanol–water partition coefficient (Wildman–Crippen LogP) is 2.66. The van der Waals surface area contributed by atoms with Gasteiger partial charge in [0.05, 0.1) is 11.8 Å². The largest absolute Gasteiger partial charge is 0.389 e. The number of aromatic nitrogens is 1. The Hall–Kier alpha value is -1.66. The van der Waals surface area contributed by atoms with E-state index in [0.717, 1.165) is 31.3 Å². The van der Waals surface area contributed by atoms with E-state index < -0.39 is 6.10 Å². The highest BCUT2D eigenvalue weighted by atomic mass is 32.1. The number of aliphatic hydroxyl groups is 1. The van der Waals surface area contributed by atoms with Gasteiger partial charge >= 0.3 is 0 Å². The monoisotopic (exact) mass is 307 g/mol. The molecule has 2 heterocycles. The highest BCUT2D eigenvalue weighted by Gasteiger charge is 2.21. The second-order valence-electron chi connectivity index (χ2n) is 5.18. The van der Waals surface area contributed by atoms with E-state index in [1.165, 1.54) is 6.07 Å². The van der Waals surface area contributed by atoms with Crippen LogP contribution in [0.3, 0.4) is 0 Å². The highest BCUT2D eigenvalue weighted by molar-refractivity contribution is 7.13. The normalized spacial score (nSPS) is 17.1. The molecule has 1 atom stereocenters. The van der Waals surface area contributed by atoms with Crippen LogP contribution >= 0.6 is 11.3 Å². The van der Waals surface area contributed by atoms with Gasteiger partial charge in [-0.15, -0.1) is 11.3 Å². The fraction of sp³-hybridized carbons (Fsp3) is 0.400. The van der Waals surface area contributed by atoms with Gasteiger partial charge in [0.1, 0.15) is 5.82 Å². The van der Waals surface area contributed by atoms with E-state index in [9.17, 15) is 9.50 Å². The molecule has 1 aliphatic rings. The van der Waals surface area contributed by atoms with Gasteiger partial charge in [0.2, 0.25) is 0 Å². The molecule has 1 aliphatic heterocycles. The van der Waals surface area contributed by atoms with Crippen molar-refractivity contribution in [2.45, 2.75) is 13.0 Å². The molecule has 1 N–H and O–H groups in total. The fourth-order valence-corrected chi connectivity index (χ4v) is 3.25. The van der Waals surface area contributed by atoms with Crippen molar-refractivity contribution in [3.05, 3.63) is 41.2 Å². The topological polar surface area (TPSA) is 39.6 Å². The molecule has 112 valence electrons. The zero-order valence-electron chi connectivity index (χ0n) is 11.9. The molecule has 4 nitrogen and oxygen atoms in total. The van der Waals surface area contributed by atoms with Gasteiger partial charge in [0.25, 0.3) is 0 Å². The summed E-state index contributed by atoms with van der Waals surface area (Å²) in [5, 5.41) is 12.5. The molecule has 0 aliphatic carbocycles. The summed E-state index contributed by atoms with van der Waals surface area (Å²) in [6, 6.07) is 4.97. The van der Waals surface area contributed by atoms with Crippen LogP contribution < -0.4 is 9.80 Å². The molecule has 1 fully saturated rings. The number of anilines is 2. The Bertz CT molecular complexity index is 595. The minimum Gasteiger partial charge on any atom is -0.389 e. The van der Waals surface area contributed by atoms with Gasteiger partial charge in [-0.1, -0.05) is 6.07 Å². The van der Waals surface area contributed by atoms with Gasteiger partial charge < -0.3 is 14.9 Å². The molecule has 0 saturated carbocycles. The van der Waals surface area contributed by atoms with Crippen molar-refractivity contribution < 1.29 is 9.50 Å². The zero-order valence-corrected chi connectivity index (χ0v) is 12.7. The number of benzene rings is 1. The van der Waals surface area contributed by atoms with Crippen LogP contribution in [0.5, 0.6) is 0 Å². The van der Waals surface area contributed by atoms with E-state index in [0.29, 0.717) is 11.3 Å². The first-order chi connectivity index (χ1) is 10.1. The maximum atomic E-state index is 14.2. The molecule has 0 amide bonds. The molecular weight excluding hydrogens is 289 g/mol. The van der Waals surface area contributed by atoms with Crippen LogP contribution in [-0.2, 0) is 0 Å². The lowest BCUT2D eigenvalue weighted by Gasteiger charge is -2.36. The minimum absolute atomic E-state index is 0.268. The molecule has 0 spiro atoms. The Morgan fingerprint density at radius 1 is 1.24 bits per heavy atom. The van der Waals surface area contributed by atoms with Gasteiger partial charge in [0, 0.05) is 37.8 Å². The number of rotatable bonds is 3. The number of hydrogen-bond donors (Lipinski definition) is 1. The fourth-order valence-electron chi connectivity index (χ4n) is 2.55. The van der Waals surface area contributed by atoms with Crippen LogP contribution in [0.15, 0.2) is 29.8 Å². The number of nitrogens with zero attached hydrogens (tertiary/aromatic N) is 3. The predicted molar refractivity (Wildman–Crippen MR) is 83.6 cm³/mol. The minimum atomic E-state index is -0.643. The molecule has 3 rings (SSSR count). The summed E-state index contributed by atoms with van der Waals surface area (Å²) in [7, 11) is 0. The first-order valence-corrected chi connectivity index (χ1v) is 7.90. The second-order valence-corrected chi connectivity index (χ2v) is 6.05. The molecule has 1 aromatic heterocycles. The van der Waals surface area contributed by atoms with Crippen LogP contribution in [0, 0.1) is 5.82 Å². The average Bonchev–Trinajstić information content (AvgIpc) is 3.01. The van der Waals surface area contributed by atoms with Crippen LogP contribution in [0.4, 0.5) is 15.2 Å². The molecule has 2 aromatic rings. The van der Waals surface area contributed by atoms with Gasteiger partial charge in [-0.2, -0.15) is 0 Å². The van der Waals surface area contributed by atoms with E-state index in [1.54, 1.807) is 36.6 Å². The number of thiazole rings is 1. The van der Waals surface area contributed by atoms with E-state index in [4.69, 9.17) is 0 Å². The van der Waals surface area contributed by atoms with Crippen molar-refractivity contribution in [3.8, 4) is 0 Å². The third kappa shape index (κ3) is 3.01. The lowest BCUT2D eigenvalue weighted by atomic mass is 10.1. The molecular formula is C15H18FN3OS. The number of halogens is 1. The first kappa shape index (κ1) is 14.3. The van der Waals surface area contributed by atoms with Crippen molar-refractivity contribution in [2.24, 2.45) is 0 Å². The Morgan fingerprint density at radius 2 is 1.95 bits per heavy atom. The molecule has 1 unspecified atom stereocenters. The molecule has 1 aromatic carbocycles. The summed E-state index contributed by atoms with van der Waals surface area (Å²) < 4.78 is 14.2. The lowest BCUT2D eigenvalue weighted by Crippen LogP contribution is -2.46. The van der Waals surface area contributed by atoms with Crippen LogP contribution in [0.2, 0.25) is 0 Å². The summed E-state index contributed by atoms with van der Waals surface area (Å²) in [5.74, 6) is -0.268. The Balaban J connectivity index is 1.69. The molecule has 1 saturated heterocycles. The van der Waals surface area contributed by atoms with E-state index in [2.05, 4.69) is 9.88 Å². The van der Waals surface area contributed by atoms with E-state index in [-0.39, 0.29) is 5.82 Å². The zero-order chi connectivity index (χ0) is 14.8. The van der Waals surface area contributed by atoms with Crippen molar-refractivity contribution in [2.75, 3.05) is 36.0 Å². The summed E-state index contributed by atoms with van der Waals surface area (Å²) in [6.07, 6.45) is 1.16. The van der Waals surface area contributed by atoms with Gasteiger partial charge in [-0.05, 0) is 24.6 Å². The molecule has 21 heavy (non-hydrogen) atoms. The van der Waals surface area contributed by atoms with Crippen LogP contribution in [0.1, 0.15) is 18.6 Å². The summed E-state index contributed by atoms with van der Waals surface area (Å²) in [6.45, 7) is 4.85. The number of piperazine rings is 1. The lowest BCUT2D eigenvalue weighted by molar-refractivity contribution is 0.199. The highest BCUT2D eigenvalue weighted by Crippen LogP contribution is 2.26. The standard InChI is InChI=1S/C15H18FN3OS/c1-11(20)12-2-3-14(13(16)10-12)18-5-7-19(8-6-18)15-17-4-9-21-15/h2-4,9-11,20H,5-8H2,1H3. The summed E-state index contributed by atoms with van der Waals surface area (Å²) in [5.41, 5.74) is 1.22. The summed E-state index contributed by atoms with van der Waals surface area (Å²) >= 11 is 1.63. The van der Waals surface area contributed by atoms with Crippen molar-refractivity contribution in [1.82, 2.24) is 4.98 Å². The maximum Gasteiger partial charge on any atom is 0.185 e. The Labute approximate surface area is 127 Å². The van der Waals surface area contributed by atoms with Gasteiger partial charge in [0.15, 0.2) is 5.13 Å². The van der Waals surface area contributed by atoms with Gasteiger partial charge in [-0.3, -0.25) is 0 Å². The quantitative estimate of drug-likeness (QED) is 0.946. The molecule has 0 radical (unpaired) electrons. The third-order valence-corrected chi connectivity index (χ3v) is 4.60. The summed E-state index contributed by atoms with van der Waals surface area (Å²) in [4.78, 5) is 8.58. The second kappa shape index (κ2) is 5.99. The Kier molecular flexibility index (Phi) is 4.07. The maximum absolute atomic E-state index is 14.2. The van der Waals surface area contributed by atoms with Crippen molar-refractivity contribution >= 4 is 22.2 Å².